The molecule has 0 radical (unpaired) electrons. The Morgan fingerprint density at radius 1 is 1.56 bits per heavy atom. The van der Waals surface area contributed by atoms with Crippen molar-refractivity contribution in [2.45, 2.75) is 32.4 Å². The Balaban J connectivity index is 2.16. The summed E-state index contributed by atoms with van der Waals surface area (Å²) in [5.41, 5.74) is 5.19. The van der Waals surface area contributed by atoms with Crippen molar-refractivity contribution in [2.75, 3.05) is 6.61 Å². The van der Waals surface area contributed by atoms with Crippen LogP contribution >= 0.6 is 0 Å². The number of rotatable bonds is 3. The van der Waals surface area contributed by atoms with Gasteiger partial charge in [-0.25, -0.2) is 0 Å². The first-order valence-corrected chi connectivity index (χ1v) is 5.70. The molecule has 16 heavy (non-hydrogen) atoms. The van der Waals surface area contributed by atoms with Crippen molar-refractivity contribution in [1.29, 1.82) is 0 Å². The van der Waals surface area contributed by atoms with Crippen LogP contribution < -0.4 is 11.3 Å². The maximum atomic E-state index is 5.65. The van der Waals surface area contributed by atoms with Gasteiger partial charge in [0.2, 0.25) is 0 Å². The number of nitrogens with two attached hydrogens (primary N) is 1. The van der Waals surface area contributed by atoms with Crippen LogP contribution in [0.15, 0.2) is 18.5 Å². The van der Waals surface area contributed by atoms with E-state index in [1.54, 1.807) is 0 Å². The molecule has 0 spiro atoms. The zero-order chi connectivity index (χ0) is 11.5. The van der Waals surface area contributed by atoms with Crippen molar-refractivity contribution in [3.8, 4) is 0 Å². The van der Waals surface area contributed by atoms with Gasteiger partial charge in [-0.15, -0.1) is 0 Å². The van der Waals surface area contributed by atoms with E-state index in [-0.39, 0.29) is 6.04 Å². The molecule has 0 aliphatic carbocycles. The quantitative estimate of drug-likeness (QED) is 0.597. The van der Waals surface area contributed by atoms with Crippen molar-refractivity contribution >= 4 is 0 Å². The van der Waals surface area contributed by atoms with Crippen LogP contribution in [0.2, 0.25) is 0 Å². The fraction of sp³-hybridized carbons (Fsp3) is 0.583. The number of nitrogens with one attached hydrogen (secondary N) is 1. The summed E-state index contributed by atoms with van der Waals surface area (Å²) in [6.45, 7) is 4.91. The molecule has 3 unspecified atom stereocenters. The van der Waals surface area contributed by atoms with E-state index in [1.807, 2.05) is 19.3 Å². The molecule has 1 fully saturated rings. The van der Waals surface area contributed by atoms with Crippen LogP contribution in [0.5, 0.6) is 0 Å². The summed E-state index contributed by atoms with van der Waals surface area (Å²) in [5.74, 6) is 6.08. The second kappa shape index (κ2) is 4.91. The summed E-state index contributed by atoms with van der Waals surface area (Å²) in [6, 6.07) is 2.26. The van der Waals surface area contributed by atoms with E-state index in [2.05, 4.69) is 23.4 Å². The molecule has 1 aliphatic heterocycles. The molecule has 2 heterocycles. The third-order valence-electron chi connectivity index (χ3n) is 3.14. The maximum Gasteiger partial charge on any atom is 0.0551 e. The van der Waals surface area contributed by atoms with E-state index >= 15 is 0 Å². The van der Waals surface area contributed by atoms with Gasteiger partial charge in [0, 0.05) is 18.3 Å². The Morgan fingerprint density at radius 2 is 2.38 bits per heavy atom. The van der Waals surface area contributed by atoms with Gasteiger partial charge >= 0.3 is 0 Å². The molecule has 4 heteroatoms. The largest absolute Gasteiger partial charge is 0.378 e. The highest BCUT2D eigenvalue weighted by Crippen LogP contribution is 2.30. The molecule has 3 N–H and O–H groups in total. The lowest BCUT2D eigenvalue weighted by molar-refractivity contribution is 0.117. The van der Waals surface area contributed by atoms with Crippen molar-refractivity contribution in [2.24, 2.45) is 11.8 Å². The summed E-state index contributed by atoms with van der Waals surface area (Å²) in [6.07, 6.45) is 5.10. The molecule has 0 bridgehead atoms. The lowest BCUT2D eigenvalue weighted by Gasteiger charge is -2.21. The molecule has 2 rings (SSSR count). The summed E-state index contributed by atoms with van der Waals surface area (Å²) >= 11 is 0. The molecule has 1 saturated heterocycles. The van der Waals surface area contributed by atoms with Gasteiger partial charge < -0.3 is 4.74 Å². The smallest absolute Gasteiger partial charge is 0.0551 e. The van der Waals surface area contributed by atoms with Gasteiger partial charge in [0.1, 0.15) is 0 Å². The van der Waals surface area contributed by atoms with Gasteiger partial charge in [-0.3, -0.25) is 16.3 Å². The molecular weight excluding hydrogens is 202 g/mol. The maximum absolute atomic E-state index is 5.65. The summed E-state index contributed by atoms with van der Waals surface area (Å²) < 4.78 is 5.58. The molecule has 88 valence electrons. The first kappa shape index (κ1) is 11.5. The lowest BCUT2D eigenvalue weighted by Crippen LogP contribution is -2.34. The molecule has 3 atom stereocenters. The van der Waals surface area contributed by atoms with Crippen LogP contribution in [0.4, 0.5) is 0 Å². The Labute approximate surface area is 96.2 Å². The van der Waals surface area contributed by atoms with Gasteiger partial charge in [-0.1, -0.05) is 6.07 Å². The minimum absolute atomic E-state index is 0.136. The van der Waals surface area contributed by atoms with Crippen molar-refractivity contribution in [1.82, 2.24) is 10.4 Å². The summed E-state index contributed by atoms with van der Waals surface area (Å²) in [5, 5.41) is 0. The summed E-state index contributed by atoms with van der Waals surface area (Å²) in [7, 11) is 0. The number of hydrogen-bond acceptors (Lipinski definition) is 4. The zero-order valence-electron chi connectivity index (χ0n) is 9.81. The van der Waals surface area contributed by atoms with E-state index in [1.165, 1.54) is 0 Å². The molecule has 1 aromatic rings. The molecule has 1 aliphatic rings. The highest BCUT2D eigenvalue weighted by Gasteiger charge is 2.30. The molecule has 0 saturated carbocycles. The predicted octanol–water partition coefficient (Wildman–Crippen LogP) is 1.32. The van der Waals surface area contributed by atoms with Crippen molar-refractivity contribution in [3.63, 3.8) is 0 Å². The molecule has 1 aromatic heterocycles. The Morgan fingerprint density at radius 3 is 2.94 bits per heavy atom. The van der Waals surface area contributed by atoms with Gasteiger partial charge in [-0.2, -0.15) is 0 Å². The Kier molecular flexibility index (Phi) is 3.53. The average molecular weight is 221 g/mol. The second-order valence-corrected chi connectivity index (χ2v) is 4.58. The standard InChI is InChI=1S/C12H19N3O/c1-8-3-10(6-14-5-8)12(15-13)11-4-9(2)16-7-11/h3,5-6,9,11-12,15H,4,7,13H2,1-2H3. The lowest BCUT2D eigenvalue weighted by atomic mass is 9.92. The number of ether oxygens (including phenoxy) is 1. The van der Waals surface area contributed by atoms with Gasteiger partial charge in [0.05, 0.1) is 18.8 Å². The van der Waals surface area contributed by atoms with E-state index < -0.39 is 0 Å². The average Bonchev–Trinajstić information content (AvgIpc) is 2.66. The number of pyridine rings is 1. The highest BCUT2D eigenvalue weighted by molar-refractivity contribution is 5.21. The van der Waals surface area contributed by atoms with Gasteiger partial charge in [-0.05, 0) is 31.4 Å². The number of aromatic nitrogens is 1. The zero-order valence-corrected chi connectivity index (χ0v) is 9.81. The van der Waals surface area contributed by atoms with E-state index in [0.29, 0.717) is 12.0 Å². The van der Waals surface area contributed by atoms with E-state index in [0.717, 1.165) is 24.2 Å². The minimum Gasteiger partial charge on any atom is -0.378 e. The van der Waals surface area contributed by atoms with E-state index in [4.69, 9.17) is 10.6 Å². The molecule has 4 nitrogen and oxygen atoms in total. The SMILES string of the molecule is Cc1cncc(C(NN)C2COC(C)C2)c1. The second-order valence-electron chi connectivity index (χ2n) is 4.58. The molecule has 0 amide bonds. The van der Waals surface area contributed by atoms with Crippen LogP contribution in [0.1, 0.15) is 30.5 Å². The van der Waals surface area contributed by atoms with Crippen molar-refractivity contribution in [3.05, 3.63) is 29.6 Å². The van der Waals surface area contributed by atoms with Crippen LogP contribution in [0.3, 0.4) is 0 Å². The first-order chi connectivity index (χ1) is 7.70. The Bertz CT molecular complexity index is 356. The van der Waals surface area contributed by atoms with E-state index in [9.17, 15) is 0 Å². The normalized spacial score (nSPS) is 26.9. The number of nitrogens with zero attached hydrogens (tertiary/aromatic N) is 1. The topological polar surface area (TPSA) is 60.2 Å². The third kappa shape index (κ3) is 2.40. The third-order valence-corrected chi connectivity index (χ3v) is 3.14. The fourth-order valence-electron chi connectivity index (χ4n) is 2.34. The number of hydrogen-bond donors (Lipinski definition) is 2. The van der Waals surface area contributed by atoms with Crippen LogP contribution in [-0.2, 0) is 4.74 Å². The number of hydrazine groups is 1. The van der Waals surface area contributed by atoms with Crippen LogP contribution in [0, 0.1) is 12.8 Å². The molecular formula is C12H19N3O. The minimum atomic E-state index is 0.136. The first-order valence-electron chi connectivity index (χ1n) is 5.70. The Hall–Kier alpha value is -0.970. The molecule has 0 aromatic carbocycles. The van der Waals surface area contributed by atoms with Crippen molar-refractivity contribution < 1.29 is 4.74 Å². The van der Waals surface area contributed by atoms with Crippen LogP contribution in [-0.4, -0.2) is 17.7 Å². The fourth-order valence-corrected chi connectivity index (χ4v) is 2.34. The monoisotopic (exact) mass is 221 g/mol. The highest BCUT2D eigenvalue weighted by atomic mass is 16.5. The summed E-state index contributed by atoms with van der Waals surface area (Å²) in [4.78, 5) is 4.21. The van der Waals surface area contributed by atoms with Crippen LogP contribution in [0.25, 0.3) is 0 Å². The van der Waals surface area contributed by atoms with Gasteiger partial charge in [0.25, 0.3) is 0 Å². The number of aryl methyl sites for hydroxylation is 1. The predicted molar refractivity (Wildman–Crippen MR) is 62.6 cm³/mol. The van der Waals surface area contributed by atoms with Gasteiger partial charge in [0.15, 0.2) is 0 Å².